The molecular formula is C13H26N2O3S. The van der Waals surface area contributed by atoms with Crippen LogP contribution in [0, 0.1) is 5.92 Å². The Morgan fingerprint density at radius 3 is 2.58 bits per heavy atom. The van der Waals surface area contributed by atoms with Gasteiger partial charge in [-0.15, -0.1) is 0 Å². The fourth-order valence-electron chi connectivity index (χ4n) is 2.75. The van der Waals surface area contributed by atoms with Crippen LogP contribution in [0.3, 0.4) is 0 Å². The number of aliphatic hydroxyl groups excluding tert-OH is 1. The van der Waals surface area contributed by atoms with E-state index in [4.69, 9.17) is 0 Å². The van der Waals surface area contributed by atoms with Gasteiger partial charge in [0.2, 0.25) is 0 Å². The fourth-order valence-corrected chi connectivity index (χ4v) is 4.77. The molecule has 2 aliphatic rings. The molecule has 19 heavy (non-hydrogen) atoms. The summed E-state index contributed by atoms with van der Waals surface area (Å²) in [6.45, 7) is 3.74. The normalized spacial score (nSPS) is 25.9. The lowest BCUT2D eigenvalue weighted by molar-refractivity contribution is 0.147. The van der Waals surface area contributed by atoms with E-state index >= 15 is 0 Å². The fraction of sp³-hybridized carbons (Fsp3) is 1.00. The first-order valence-electron chi connectivity index (χ1n) is 7.47. The third-order valence-corrected chi connectivity index (χ3v) is 6.10. The van der Waals surface area contributed by atoms with Crippen LogP contribution >= 0.6 is 0 Å². The summed E-state index contributed by atoms with van der Waals surface area (Å²) in [4.78, 5) is 0. The zero-order chi connectivity index (χ0) is 13.9. The van der Waals surface area contributed by atoms with Gasteiger partial charge in [0, 0.05) is 25.7 Å². The Morgan fingerprint density at radius 1 is 1.26 bits per heavy atom. The molecule has 1 saturated heterocycles. The highest BCUT2D eigenvalue weighted by molar-refractivity contribution is 7.86. The predicted octanol–water partition coefficient (Wildman–Crippen LogP) is 1.20. The van der Waals surface area contributed by atoms with Crippen LogP contribution in [-0.2, 0) is 10.2 Å². The van der Waals surface area contributed by atoms with Crippen molar-refractivity contribution in [1.82, 2.24) is 8.61 Å². The van der Waals surface area contributed by atoms with Crippen molar-refractivity contribution in [2.75, 3.05) is 26.2 Å². The molecule has 0 amide bonds. The van der Waals surface area contributed by atoms with Gasteiger partial charge in [0.15, 0.2) is 0 Å². The Kier molecular flexibility index (Phi) is 5.22. The summed E-state index contributed by atoms with van der Waals surface area (Å²) in [5.74, 6) is 0.554. The number of nitrogens with zero attached hydrogens (tertiary/aromatic N) is 2. The second-order valence-corrected chi connectivity index (χ2v) is 7.63. The van der Waals surface area contributed by atoms with Gasteiger partial charge < -0.3 is 5.11 Å². The molecule has 0 aromatic carbocycles. The number of piperidine rings is 1. The lowest BCUT2D eigenvalue weighted by Crippen LogP contribution is -2.52. The van der Waals surface area contributed by atoms with Gasteiger partial charge in [0.05, 0.1) is 6.61 Å². The first kappa shape index (κ1) is 15.2. The maximum Gasteiger partial charge on any atom is 0.282 e. The molecule has 1 aliphatic heterocycles. The number of rotatable bonds is 7. The average molecular weight is 290 g/mol. The van der Waals surface area contributed by atoms with E-state index in [0.717, 1.165) is 38.5 Å². The third kappa shape index (κ3) is 3.68. The maximum atomic E-state index is 12.7. The van der Waals surface area contributed by atoms with Crippen LogP contribution in [0.15, 0.2) is 0 Å². The van der Waals surface area contributed by atoms with Gasteiger partial charge >= 0.3 is 0 Å². The standard InChI is InChI=1S/C13H26N2O3S/c1-2-8-14(10-12-6-7-12)19(17,18)15-9-4-3-5-13(15)11-16/h12-13,16H,2-11H2,1H3. The highest BCUT2D eigenvalue weighted by Gasteiger charge is 2.38. The Bertz CT molecular complexity index is 381. The van der Waals surface area contributed by atoms with Gasteiger partial charge in [-0.3, -0.25) is 0 Å². The maximum absolute atomic E-state index is 12.7. The monoisotopic (exact) mass is 290 g/mol. The van der Waals surface area contributed by atoms with Crippen molar-refractivity contribution < 1.29 is 13.5 Å². The van der Waals surface area contributed by atoms with Gasteiger partial charge in [0.1, 0.15) is 0 Å². The van der Waals surface area contributed by atoms with Crippen molar-refractivity contribution in [3.8, 4) is 0 Å². The Labute approximate surface area is 116 Å². The van der Waals surface area contributed by atoms with E-state index in [0.29, 0.717) is 25.6 Å². The van der Waals surface area contributed by atoms with Gasteiger partial charge in [-0.05, 0) is 38.0 Å². The SMILES string of the molecule is CCCN(CC1CC1)S(=O)(=O)N1CCCCC1CO. The van der Waals surface area contributed by atoms with E-state index in [-0.39, 0.29) is 12.6 Å². The van der Waals surface area contributed by atoms with Crippen LogP contribution in [-0.4, -0.2) is 54.4 Å². The molecule has 0 bridgehead atoms. The smallest absolute Gasteiger partial charge is 0.282 e. The molecule has 0 aromatic heterocycles. The summed E-state index contributed by atoms with van der Waals surface area (Å²) in [5, 5.41) is 9.41. The Morgan fingerprint density at radius 2 is 2.00 bits per heavy atom. The van der Waals surface area contributed by atoms with Crippen LogP contribution in [0.25, 0.3) is 0 Å². The molecule has 1 unspecified atom stereocenters. The summed E-state index contributed by atoms with van der Waals surface area (Å²) in [7, 11) is -3.40. The molecule has 1 N–H and O–H groups in total. The van der Waals surface area contributed by atoms with Gasteiger partial charge in [-0.2, -0.15) is 17.0 Å². The molecule has 2 rings (SSSR count). The van der Waals surface area contributed by atoms with Gasteiger partial charge in [-0.1, -0.05) is 13.3 Å². The Hall–Kier alpha value is -0.170. The molecule has 1 atom stereocenters. The molecule has 1 saturated carbocycles. The second kappa shape index (κ2) is 6.52. The molecule has 112 valence electrons. The summed E-state index contributed by atoms with van der Waals surface area (Å²) < 4.78 is 28.7. The molecule has 0 spiro atoms. The van der Waals surface area contributed by atoms with Crippen molar-refractivity contribution in [2.45, 2.75) is 51.5 Å². The van der Waals surface area contributed by atoms with Crippen molar-refractivity contribution >= 4 is 10.2 Å². The van der Waals surface area contributed by atoms with Crippen LogP contribution in [0.5, 0.6) is 0 Å². The zero-order valence-corrected chi connectivity index (χ0v) is 12.6. The zero-order valence-electron chi connectivity index (χ0n) is 11.8. The largest absolute Gasteiger partial charge is 0.395 e. The van der Waals surface area contributed by atoms with Gasteiger partial charge in [0.25, 0.3) is 10.2 Å². The van der Waals surface area contributed by atoms with Crippen molar-refractivity contribution in [1.29, 1.82) is 0 Å². The van der Waals surface area contributed by atoms with Crippen molar-refractivity contribution in [2.24, 2.45) is 5.92 Å². The number of aliphatic hydroxyl groups is 1. The average Bonchev–Trinajstić information content (AvgIpc) is 3.22. The first-order valence-corrected chi connectivity index (χ1v) is 8.87. The second-order valence-electron chi connectivity index (χ2n) is 5.75. The molecule has 0 aromatic rings. The summed E-state index contributed by atoms with van der Waals surface area (Å²) in [5.41, 5.74) is 0. The molecule has 1 heterocycles. The topological polar surface area (TPSA) is 60.9 Å². The van der Waals surface area contributed by atoms with Gasteiger partial charge in [-0.25, -0.2) is 0 Å². The van der Waals surface area contributed by atoms with Crippen LogP contribution in [0.4, 0.5) is 0 Å². The van der Waals surface area contributed by atoms with E-state index in [1.807, 2.05) is 6.92 Å². The highest BCUT2D eigenvalue weighted by Crippen LogP contribution is 2.32. The molecule has 5 nitrogen and oxygen atoms in total. The van der Waals surface area contributed by atoms with E-state index in [9.17, 15) is 13.5 Å². The molecule has 0 radical (unpaired) electrons. The van der Waals surface area contributed by atoms with Crippen molar-refractivity contribution in [3.63, 3.8) is 0 Å². The molecular weight excluding hydrogens is 264 g/mol. The molecule has 1 aliphatic carbocycles. The molecule has 2 fully saturated rings. The van der Waals surface area contributed by atoms with Crippen LogP contribution in [0.1, 0.15) is 45.4 Å². The lowest BCUT2D eigenvalue weighted by atomic mass is 10.1. The summed E-state index contributed by atoms with van der Waals surface area (Å²) in [6.07, 6.45) is 5.83. The van der Waals surface area contributed by atoms with E-state index in [2.05, 4.69) is 0 Å². The number of hydrogen-bond donors (Lipinski definition) is 1. The minimum absolute atomic E-state index is 0.0668. The first-order chi connectivity index (χ1) is 9.09. The minimum Gasteiger partial charge on any atom is -0.395 e. The van der Waals surface area contributed by atoms with Crippen LogP contribution < -0.4 is 0 Å². The summed E-state index contributed by atoms with van der Waals surface area (Å²) >= 11 is 0. The number of hydrogen-bond acceptors (Lipinski definition) is 3. The Balaban J connectivity index is 2.11. The third-order valence-electron chi connectivity index (χ3n) is 4.04. The van der Waals surface area contributed by atoms with E-state index in [1.54, 1.807) is 4.31 Å². The summed E-state index contributed by atoms with van der Waals surface area (Å²) in [6, 6.07) is -0.225. The minimum atomic E-state index is -3.40. The van der Waals surface area contributed by atoms with E-state index < -0.39 is 10.2 Å². The molecule has 6 heteroatoms. The van der Waals surface area contributed by atoms with E-state index in [1.165, 1.54) is 4.31 Å². The highest BCUT2D eigenvalue weighted by atomic mass is 32.2. The quantitative estimate of drug-likeness (QED) is 0.766. The van der Waals surface area contributed by atoms with Crippen LogP contribution in [0.2, 0.25) is 0 Å². The van der Waals surface area contributed by atoms with Crippen molar-refractivity contribution in [3.05, 3.63) is 0 Å². The predicted molar refractivity (Wildman–Crippen MR) is 74.9 cm³/mol. The lowest BCUT2D eigenvalue weighted by Gasteiger charge is -2.37.